The molecular formula is C14H15FN2O2. The molecule has 1 atom stereocenters. The predicted octanol–water partition coefficient (Wildman–Crippen LogP) is 2.23. The van der Waals surface area contributed by atoms with Crippen molar-refractivity contribution in [1.29, 1.82) is 5.26 Å². The number of carbonyl (C=O) groups is 1. The molecule has 0 spiro atoms. The third kappa shape index (κ3) is 2.68. The maximum atomic E-state index is 13.1. The second-order valence-corrected chi connectivity index (χ2v) is 4.38. The van der Waals surface area contributed by atoms with E-state index in [1.54, 1.807) is 13.0 Å². The third-order valence-corrected chi connectivity index (χ3v) is 3.20. The molecule has 1 saturated heterocycles. The van der Waals surface area contributed by atoms with Crippen LogP contribution < -0.4 is 4.90 Å². The Kier molecular flexibility index (Phi) is 4.00. The van der Waals surface area contributed by atoms with Crippen molar-refractivity contribution in [3.8, 4) is 6.07 Å². The summed E-state index contributed by atoms with van der Waals surface area (Å²) in [5.41, 5.74) is 0.843. The largest absolute Gasteiger partial charge is 0.464 e. The molecule has 0 aromatic heterocycles. The standard InChI is InChI=1S/C14H15FN2O2/c1-2-19-14(18)13-4-3-7-17(13)12-6-5-11(15)8-10(12)9-16/h5-6,8,13H,2-4,7H2,1H3. The second kappa shape index (κ2) is 5.70. The smallest absolute Gasteiger partial charge is 0.328 e. The molecule has 19 heavy (non-hydrogen) atoms. The first-order valence-corrected chi connectivity index (χ1v) is 6.30. The van der Waals surface area contributed by atoms with Crippen molar-refractivity contribution in [3.63, 3.8) is 0 Å². The lowest BCUT2D eigenvalue weighted by Crippen LogP contribution is -2.37. The molecule has 1 aromatic carbocycles. The molecule has 1 aliphatic rings. The number of ether oxygens (including phenoxy) is 1. The molecular weight excluding hydrogens is 247 g/mol. The van der Waals surface area contributed by atoms with Crippen LogP contribution in [0.3, 0.4) is 0 Å². The SMILES string of the molecule is CCOC(=O)C1CCCN1c1ccc(F)cc1C#N. The number of nitrogens with zero attached hydrogens (tertiary/aromatic N) is 2. The summed E-state index contributed by atoms with van der Waals surface area (Å²) in [5.74, 6) is -0.736. The van der Waals surface area contributed by atoms with Crippen LogP contribution in [0.15, 0.2) is 18.2 Å². The summed E-state index contributed by atoms with van der Waals surface area (Å²) < 4.78 is 18.2. The summed E-state index contributed by atoms with van der Waals surface area (Å²) in [6.07, 6.45) is 1.55. The van der Waals surface area contributed by atoms with Crippen molar-refractivity contribution in [2.75, 3.05) is 18.1 Å². The van der Waals surface area contributed by atoms with Crippen LogP contribution in [0.5, 0.6) is 0 Å². The maximum Gasteiger partial charge on any atom is 0.328 e. The number of halogens is 1. The summed E-state index contributed by atoms with van der Waals surface area (Å²) in [6.45, 7) is 2.76. The molecule has 5 heteroatoms. The highest BCUT2D eigenvalue weighted by Crippen LogP contribution is 2.29. The fraction of sp³-hybridized carbons (Fsp3) is 0.429. The van der Waals surface area contributed by atoms with Crippen LogP contribution in [0.1, 0.15) is 25.3 Å². The predicted molar refractivity (Wildman–Crippen MR) is 68.1 cm³/mol. The van der Waals surface area contributed by atoms with Crippen LogP contribution in [0.4, 0.5) is 10.1 Å². The Morgan fingerprint density at radius 2 is 2.42 bits per heavy atom. The zero-order chi connectivity index (χ0) is 13.8. The van der Waals surface area contributed by atoms with Crippen LogP contribution in [-0.2, 0) is 9.53 Å². The van der Waals surface area contributed by atoms with Gasteiger partial charge >= 0.3 is 5.97 Å². The molecule has 0 aliphatic carbocycles. The lowest BCUT2D eigenvalue weighted by atomic mass is 10.1. The minimum Gasteiger partial charge on any atom is -0.464 e. The van der Waals surface area contributed by atoms with Crippen LogP contribution in [0, 0.1) is 17.1 Å². The average molecular weight is 262 g/mol. The van der Waals surface area contributed by atoms with Gasteiger partial charge in [0.05, 0.1) is 17.9 Å². The first-order valence-electron chi connectivity index (χ1n) is 6.30. The number of nitriles is 1. The summed E-state index contributed by atoms with van der Waals surface area (Å²) in [5, 5.41) is 9.07. The van der Waals surface area contributed by atoms with Gasteiger partial charge in [-0.3, -0.25) is 0 Å². The number of hydrogen-bond donors (Lipinski definition) is 0. The van der Waals surface area contributed by atoms with E-state index in [-0.39, 0.29) is 17.6 Å². The molecule has 1 unspecified atom stereocenters. The van der Waals surface area contributed by atoms with E-state index in [1.807, 2.05) is 11.0 Å². The van der Waals surface area contributed by atoms with Gasteiger partial charge in [-0.05, 0) is 38.0 Å². The molecule has 100 valence electrons. The summed E-state index contributed by atoms with van der Waals surface area (Å²) in [4.78, 5) is 13.7. The van der Waals surface area contributed by atoms with Crippen molar-refractivity contribution < 1.29 is 13.9 Å². The Bertz CT molecular complexity index is 525. The lowest BCUT2D eigenvalue weighted by molar-refractivity contribution is -0.144. The first-order chi connectivity index (χ1) is 9.17. The van der Waals surface area contributed by atoms with E-state index in [0.29, 0.717) is 25.3 Å². The van der Waals surface area contributed by atoms with E-state index in [9.17, 15) is 9.18 Å². The third-order valence-electron chi connectivity index (χ3n) is 3.20. The van der Waals surface area contributed by atoms with Crippen LogP contribution in [0.2, 0.25) is 0 Å². The van der Waals surface area contributed by atoms with Gasteiger partial charge in [-0.1, -0.05) is 0 Å². The van der Waals surface area contributed by atoms with Gasteiger partial charge in [0, 0.05) is 6.54 Å². The van der Waals surface area contributed by atoms with Crippen LogP contribution >= 0.6 is 0 Å². The van der Waals surface area contributed by atoms with E-state index in [2.05, 4.69) is 0 Å². The number of carbonyl (C=O) groups excluding carboxylic acids is 1. The number of anilines is 1. The Morgan fingerprint density at radius 3 is 3.11 bits per heavy atom. The maximum absolute atomic E-state index is 13.1. The van der Waals surface area contributed by atoms with Gasteiger partial charge in [-0.15, -0.1) is 0 Å². The molecule has 4 nitrogen and oxygen atoms in total. The average Bonchev–Trinajstić information content (AvgIpc) is 2.88. The zero-order valence-corrected chi connectivity index (χ0v) is 10.7. The molecule has 1 aliphatic heterocycles. The fourth-order valence-electron chi connectivity index (χ4n) is 2.39. The highest BCUT2D eigenvalue weighted by atomic mass is 19.1. The first kappa shape index (κ1) is 13.3. The summed E-state index contributed by atoms with van der Waals surface area (Å²) >= 11 is 0. The van der Waals surface area contributed by atoms with Crippen molar-refractivity contribution in [3.05, 3.63) is 29.6 Å². The highest BCUT2D eigenvalue weighted by molar-refractivity contribution is 5.81. The van der Waals surface area contributed by atoms with Crippen molar-refractivity contribution in [1.82, 2.24) is 0 Å². The van der Waals surface area contributed by atoms with Gasteiger partial charge in [0.25, 0.3) is 0 Å². The van der Waals surface area contributed by atoms with Gasteiger partial charge in [-0.2, -0.15) is 5.26 Å². The zero-order valence-electron chi connectivity index (χ0n) is 10.7. The van der Waals surface area contributed by atoms with Crippen molar-refractivity contribution >= 4 is 11.7 Å². The van der Waals surface area contributed by atoms with Crippen molar-refractivity contribution in [2.24, 2.45) is 0 Å². The van der Waals surface area contributed by atoms with E-state index in [4.69, 9.17) is 10.00 Å². The topological polar surface area (TPSA) is 53.3 Å². The molecule has 0 bridgehead atoms. The van der Waals surface area contributed by atoms with Gasteiger partial charge in [0.2, 0.25) is 0 Å². The Morgan fingerprint density at radius 1 is 1.63 bits per heavy atom. The minimum absolute atomic E-state index is 0.246. The molecule has 0 amide bonds. The van der Waals surface area contributed by atoms with E-state index in [1.165, 1.54) is 12.1 Å². The molecule has 1 fully saturated rings. The molecule has 1 aromatic rings. The quantitative estimate of drug-likeness (QED) is 0.784. The van der Waals surface area contributed by atoms with Crippen LogP contribution in [0.25, 0.3) is 0 Å². The van der Waals surface area contributed by atoms with E-state index >= 15 is 0 Å². The van der Waals surface area contributed by atoms with Crippen molar-refractivity contribution in [2.45, 2.75) is 25.8 Å². The van der Waals surface area contributed by atoms with Gasteiger partial charge in [0.15, 0.2) is 0 Å². The normalized spacial score (nSPS) is 18.2. The molecule has 0 saturated carbocycles. The lowest BCUT2D eigenvalue weighted by Gasteiger charge is -2.25. The Balaban J connectivity index is 2.30. The Hall–Kier alpha value is -2.09. The monoisotopic (exact) mass is 262 g/mol. The highest BCUT2D eigenvalue weighted by Gasteiger charge is 2.33. The molecule has 2 rings (SSSR count). The van der Waals surface area contributed by atoms with Gasteiger partial charge in [-0.25, -0.2) is 9.18 Å². The van der Waals surface area contributed by atoms with E-state index < -0.39 is 5.82 Å². The molecule has 0 N–H and O–H groups in total. The Labute approximate surface area is 111 Å². The number of rotatable bonds is 3. The summed E-state index contributed by atoms with van der Waals surface area (Å²) in [6, 6.07) is 5.63. The molecule has 0 radical (unpaired) electrons. The number of benzene rings is 1. The fourth-order valence-corrected chi connectivity index (χ4v) is 2.39. The number of hydrogen-bond acceptors (Lipinski definition) is 4. The van der Waals surface area contributed by atoms with Crippen LogP contribution in [-0.4, -0.2) is 25.2 Å². The second-order valence-electron chi connectivity index (χ2n) is 4.38. The summed E-state index contributed by atoms with van der Waals surface area (Å²) in [7, 11) is 0. The van der Waals surface area contributed by atoms with Gasteiger partial charge < -0.3 is 9.64 Å². The molecule has 1 heterocycles. The van der Waals surface area contributed by atoms with E-state index in [0.717, 1.165) is 6.42 Å². The minimum atomic E-state index is -0.452. The number of esters is 1. The van der Waals surface area contributed by atoms with Gasteiger partial charge in [0.1, 0.15) is 17.9 Å².